The maximum Gasteiger partial charge on any atom is 0.302 e. The molecule has 0 atom stereocenters. The second-order valence-electron chi connectivity index (χ2n) is 5.08. The van der Waals surface area contributed by atoms with Crippen LogP contribution >= 0.6 is 23.1 Å². The number of thioether (sulfide) groups is 1. The molecular formula is C15H15N5O4S2. The second-order valence-corrected chi connectivity index (χ2v) is 7.57. The van der Waals surface area contributed by atoms with Crippen molar-refractivity contribution in [3.8, 4) is 0 Å². The molecule has 0 spiro atoms. The van der Waals surface area contributed by atoms with E-state index in [1.54, 1.807) is 19.9 Å². The molecule has 0 saturated heterocycles. The Hall–Kier alpha value is -2.66. The maximum absolute atomic E-state index is 12.2. The van der Waals surface area contributed by atoms with Crippen LogP contribution in [0, 0.1) is 13.8 Å². The number of aromatic nitrogens is 3. The lowest BCUT2D eigenvalue weighted by molar-refractivity contribution is 0.101. The van der Waals surface area contributed by atoms with Gasteiger partial charge in [-0.25, -0.2) is 0 Å². The third-order valence-corrected chi connectivity index (χ3v) is 4.99. The Morgan fingerprint density at radius 1 is 1.23 bits per heavy atom. The van der Waals surface area contributed by atoms with Crippen molar-refractivity contribution in [2.24, 2.45) is 0 Å². The summed E-state index contributed by atoms with van der Waals surface area (Å²) in [5.41, 5.74) is 0.391. The summed E-state index contributed by atoms with van der Waals surface area (Å²) in [5.74, 6) is 1.04. The molecule has 3 aromatic rings. The molecule has 26 heavy (non-hydrogen) atoms. The van der Waals surface area contributed by atoms with Crippen molar-refractivity contribution in [2.75, 3.05) is 16.4 Å². The first-order chi connectivity index (χ1) is 12.5. The Balaban J connectivity index is 1.64. The van der Waals surface area contributed by atoms with Crippen LogP contribution in [0.5, 0.6) is 0 Å². The van der Waals surface area contributed by atoms with E-state index >= 15 is 0 Å². The molecule has 0 aromatic carbocycles. The van der Waals surface area contributed by atoms with Gasteiger partial charge in [-0.2, -0.15) is 4.98 Å². The van der Waals surface area contributed by atoms with E-state index < -0.39 is 11.8 Å². The third-order valence-electron chi connectivity index (χ3n) is 3.14. The van der Waals surface area contributed by atoms with Gasteiger partial charge in [0.2, 0.25) is 5.13 Å². The molecule has 0 aliphatic carbocycles. The molecule has 3 aromatic heterocycles. The number of hydrogen-bond acceptors (Lipinski definition) is 9. The van der Waals surface area contributed by atoms with E-state index in [-0.39, 0.29) is 11.7 Å². The van der Waals surface area contributed by atoms with Crippen molar-refractivity contribution >= 4 is 46.1 Å². The summed E-state index contributed by atoms with van der Waals surface area (Å²) >= 11 is 2.80. The van der Waals surface area contributed by atoms with Gasteiger partial charge in [0.1, 0.15) is 17.8 Å². The standard InChI is InChI=1S/C15H15N5O4S2/c1-4-25-15-20-19-14(26-15)18-12(22)10-6-23-13(16-10)17-11(21)9-5-7(2)24-8(9)3/h5-6H,4H2,1-3H3,(H,16,17,21)(H,18,19,22). The molecule has 3 heterocycles. The minimum Gasteiger partial charge on any atom is -0.466 e. The van der Waals surface area contributed by atoms with E-state index in [4.69, 9.17) is 8.83 Å². The Morgan fingerprint density at radius 3 is 2.73 bits per heavy atom. The number of rotatable bonds is 6. The molecular weight excluding hydrogens is 378 g/mol. The lowest BCUT2D eigenvalue weighted by atomic mass is 10.2. The average molecular weight is 393 g/mol. The summed E-state index contributed by atoms with van der Waals surface area (Å²) in [5, 5.41) is 13.3. The van der Waals surface area contributed by atoms with Gasteiger partial charge in [0.05, 0.1) is 5.56 Å². The topological polar surface area (TPSA) is 123 Å². The van der Waals surface area contributed by atoms with Crippen molar-refractivity contribution in [1.82, 2.24) is 15.2 Å². The lowest BCUT2D eigenvalue weighted by Gasteiger charge is -1.98. The van der Waals surface area contributed by atoms with E-state index in [1.165, 1.54) is 23.1 Å². The van der Waals surface area contributed by atoms with Gasteiger partial charge in [-0.15, -0.1) is 10.2 Å². The van der Waals surface area contributed by atoms with Crippen LogP contribution in [0.25, 0.3) is 0 Å². The van der Waals surface area contributed by atoms with E-state index in [9.17, 15) is 9.59 Å². The fourth-order valence-electron chi connectivity index (χ4n) is 2.06. The molecule has 9 nitrogen and oxygen atoms in total. The van der Waals surface area contributed by atoms with E-state index in [0.29, 0.717) is 22.2 Å². The first kappa shape index (κ1) is 18.1. The molecule has 0 bridgehead atoms. The number of nitrogens with one attached hydrogen (secondary N) is 2. The number of hydrogen-bond donors (Lipinski definition) is 2. The minimum absolute atomic E-state index is 0.0142. The number of anilines is 2. The Morgan fingerprint density at radius 2 is 2.04 bits per heavy atom. The summed E-state index contributed by atoms with van der Waals surface area (Å²) in [7, 11) is 0. The average Bonchev–Trinajstić information content (AvgIpc) is 3.29. The SMILES string of the molecule is CCSc1nnc(NC(=O)c2coc(NC(=O)c3cc(C)oc3C)n2)s1. The predicted molar refractivity (Wildman–Crippen MR) is 96.9 cm³/mol. The van der Waals surface area contributed by atoms with Crippen LogP contribution in [0.1, 0.15) is 39.3 Å². The van der Waals surface area contributed by atoms with Crippen molar-refractivity contribution in [3.63, 3.8) is 0 Å². The summed E-state index contributed by atoms with van der Waals surface area (Å²) in [6, 6.07) is 1.53. The fourth-order valence-corrected chi connectivity index (χ4v) is 3.70. The normalized spacial score (nSPS) is 10.7. The first-order valence-electron chi connectivity index (χ1n) is 7.57. The van der Waals surface area contributed by atoms with Crippen LogP contribution in [0.3, 0.4) is 0 Å². The van der Waals surface area contributed by atoms with Crippen molar-refractivity contribution in [1.29, 1.82) is 0 Å². The minimum atomic E-state index is -0.506. The van der Waals surface area contributed by atoms with Crippen LogP contribution in [0.4, 0.5) is 11.1 Å². The summed E-state index contributed by atoms with van der Waals surface area (Å²) in [6.45, 7) is 5.43. The zero-order valence-electron chi connectivity index (χ0n) is 14.2. The van der Waals surface area contributed by atoms with Crippen LogP contribution in [-0.4, -0.2) is 32.7 Å². The highest BCUT2D eigenvalue weighted by Gasteiger charge is 2.19. The molecule has 2 N–H and O–H groups in total. The van der Waals surface area contributed by atoms with Gasteiger partial charge in [0.15, 0.2) is 10.0 Å². The number of carbonyl (C=O) groups is 2. The predicted octanol–water partition coefficient (Wildman–Crippen LogP) is 3.35. The molecule has 2 amide bonds. The lowest BCUT2D eigenvalue weighted by Crippen LogP contribution is -2.14. The van der Waals surface area contributed by atoms with E-state index in [1.807, 2.05) is 6.92 Å². The van der Waals surface area contributed by atoms with Crippen molar-refractivity contribution in [3.05, 3.63) is 35.1 Å². The molecule has 136 valence electrons. The first-order valence-corrected chi connectivity index (χ1v) is 9.38. The molecule has 0 unspecified atom stereocenters. The van der Waals surface area contributed by atoms with Gasteiger partial charge < -0.3 is 8.83 Å². The Bertz CT molecular complexity index is 946. The number of oxazole rings is 1. The van der Waals surface area contributed by atoms with Crippen LogP contribution in [-0.2, 0) is 0 Å². The highest BCUT2D eigenvalue weighted by atomic mass is 32.2. The molecule has 0 aliphatic rings. The summed E-state index contributed by atoms with van der Waals surface area (Å²) in [6.07, 6.45) is 1.15. The number of carbonyl (C=O) groups excluding carboxylic acids is 2. The molecule has 11 heteroatoms. The van der Waals surface area contributed by atoms with Gasteiger partial charge >= 0.3 is 6.01 Å². The number of nitrogens with zero attached hydrogens (tertiary/aromatic N) is 3. The zero-order valence-corrected chi connectivity index (χ0v) is 15.8. The fraction of sp³-hybridized carbons (Fsp3) is 0.267. The third kappa shape index (κ3) is 4.11. The van der Waals surface area contributed by atoms with Gasteiger partial charge in [-0.3, -0.25) is 20.2 Å². The molecule has 0 saturated carbocycles. The van der Waals surface area contributed by atoms with Crippen LogP contribution < -0.4 is 10.6 Å². The van der Waals surface area contributed by atoms with Crippen molar-refractivity contribution in [2.45, 2.75) is 25.1 Å². The smallest absolute Gasteiger partial charge is 0.302 e. The summed E-state index contributed by atoms with van der Waals surface area (Å²) < 4.78 is 11.2. The van der Waals surface area contributed by atoms with E-state index in [0.717, 1.165) is 16.4 Å². The van der Waals surface area contributed by atoms with Gasteiger partial charge in [-0.1, -0.05) is 30.0 Å². The van der Waals surface area contributed by atoms with Gasteiger partial charge in [0, 0.05) is 0 Å². The number of aryl methyl sites for hydroxylation is 2. The largest absolute Gasteiger partial charge is 0.466 e. The maximum atomic E-state index is 12.2. The monoisotopic (exact) mass is 393 g/mol. The Labute approximate surface area is 156 Å². The van der Waals surface area contributed by atoms with Gasteiger partial charge in [-0.05, 0) is 25.7 Å². The number of furan rings is 1. The highest BCUT2D eigenvalue weighted by molar-refractivity contribution is 8.01. The molecule has 0 radical (unpaired) electrons. The van der Waals surface area contributed by atoms with E-state index in [2.05, 4.69) is 25.8 Å². The van der Waals surface area contributed by atoms with Gasteiger partial charge in [0.25, 0.3) is 11.8 Å². The highest BCUT2D eigenvalue weighted by Crippen LogP contribution is 2.25. The molecule has 3 rings (SSSR count). The van der Waals surface area contributed by atoms with Crippen LogP contribution in [0.2, 0.25) is 0 Å². The van der Waals surface area contributed by atoms with Crippen molar-refractivity contribution < 1.29 is 18.4 Å². The molecule has 0 fully saturated rings. The number of amides is 2. The van der Waals surface area contributed by atoms with Crippen LogP contribution in [0.15, 0.2) is 25.5 Å². The second kappa shape index (κ2) is 7.70. The Kier molecular flexibility index (Phi) is 5.38. The summed E-state index contributed by atoms with van der Waals surface area (Å²) in [4.78, 5) is 28.3. The molecule has 0 aliphatic heterocycles. The quantitative estimate of drug-likeness (QED) is 0.483. The zero-order chi connectivity index (χ0) is 18.7.